The maximum absolute atomic E-state index is 5.81. The minimum atomic E-state index is 0.245. The number of hydrazine groups is 1. The van der Waals surface area contributed by atoms with Crippen LogP contribution >= 0.6 is 23.4 Å². The SMILES string of the molecule is COc1c(Cl)nc(SC)nc1NN. The van der Waals surface area contributed by atoms with Gasteiger partial charge in [-0.3, -0.25) is 0 Å². The van der Waals surface area contributed by atoms with Crippen molar-refractivity contribution in [3.05, 3.63) is 5.15 Å². The van der Waals surface area contributed by atoms with Gasteiger partial charge in [0.1, 0.15) is 0 Å². The summed E-state index contributed by atoms with van der Waals surface area (Å²) in [6.45, 7) is 0. The number of nitrogens with two attached hydrogens (primary N) is 1. The molecule has 0 aliphatic rings. The van der Waals surface area contributed by atoms with Gasteiger partial charge >= 0.3 is 0 Å². The van der Waals surface area contributed by atoms with Crippen molar-refractivity contribution in [1.82, 2.24) is 9.97 Å². The molecule has 0 bridgehead atoms. The fourth-order valence-corrected chi connectivity index (χ4v) is 1.44. The van der Waals surface area contributed by atoms with Gasteiger partial charge in [-0.25, -0.2) is 10.8 Å². The Morgan fingerprint density at radius 3 is 2.69 bits per heavy atom. The van der Waals surface area contributed by atoms with E-state index in [0.29, 0.717) is 16.7 Å². The number of nitrogens with one attached hydrogen (secondary N) is 1. The first-order chi connectivity index (χ1) is 6.22. The Morgan fingerprint density at radius 1 is 1.54 bits per heavy atom. The normalized spacial score (nSPS) is 9.85. The number of ether oxygens (including phenoxy) is 1. The quantitative estimate of drug-likeness (QED) is 0.262. The van der Waals surface area contributed by atoms with E-state index in [4.69, 9.17) is 22.2 Å². The molecule has 0 aliphatic heterocycles. The van der Waals surface area contributed by atoms with Crippen molar-refractivity contribution in [3.63, 3.8) is 0 Å². The molecule has 0 atom stereocenters. The largest absolute Gasteiger partial charge is 0.490 e. The van der Waals surface area contributed by atoms with Gasteiger partial charge in [-0.15, -0.1) is 0 Å². The lowest BCUT2D eigenvalue weighted by Gasteiger charge is -2.08. The van der Waals surface area contributed by atoms with Gasteiger partial charge in [0.05, 0.1) is 7.11 Å². The number of hydrogen-bond donors (Lipinski definition) is 2. The predicted octanol–water partition coefficient (Wildman–Crippen LogP) is 1.15. The van der Waals surface area contributed by atoms with Crippen LogP contribution in [0.2, 0.25) is 5.15 Å². The molecule has 0 fully saturated rings. The van der Waals surface area contributed by atoms with Crippen molar-refractivity contribution in [2.45, 2.75) is 5.16 Å². The second-order valence-corrected chi connectivity index (χ2v) is 3.16. The zero-order valence-corrected chi connectivity index (χ0v) is 8.74. The Balaban J connectivity index is 3.20. The zero-order valence-electron chi connectivity index (χ0n) is 7.17. The van der Waals surface area contributed by atoms with Gasteiger partial charge in [0.15, 0.2) is 21.9 Å². The third-order valence-electron chi connectivity index (χ3n) is 1.33. The Labute approximate surface area is 85.0 Å². The molecule has 1 aromatic heterocycles. The van der Waals surface area contributed by atoms with E-state index in [2.05, 4.69) is 15.4 Å². The number of hydrogen-bond acceptors (Lipinski definition) is 6. The van der Waals surface area contributed by atoms with Crippen molar-refractivity contribution in [1.29, 1.82) is 0 Å². The Bertz CT molecular complexity index is 309. The molecule has 0 radical (unpaired) electrons. The second kappa shape index (κ2) is 4.50. The molecule has 13 heavy (non-hydrogen) atoms. The number of nitrogen functional groups attached to an aromatic ring is 1. The molecular formula is C6H9ClN4OS. The first kappa shape index (κ1) is 10.4. The number of methoxy groups -OCH3 is 1. The first-order valence-electron chi connectivity index (χ1n) is 3.35. The van der Waals surface area contributed by atoms with Crippen LogP contribution in [0.5, 0.6) is 5.75 Å². The third-order valence-corrected chi connectivity index (χ3v) is 2.13. The fraction of sp³-hybridized carbons (Fsp3) is 0.333. The number of thioether (sulfide) groups is 1. The monoisotopic (exact) mass is 220 g/mol. The first-order valence-corrected chi connectivity index (χ1v) is 4.95. The summed E-state index contributed by atoms with van der Waals surface area (Å²) in [5.74, 6) is 5.96. The van der Waals surface area contributed by atoms with E-state index in [9.17, 15) is 0 Å². The van der Waals surface area contributed by atoms with E-state index in [1.165, 1.54) is 18.9 Å². The van der Waals surface area contributed by atoms with Crippen LogP contribution in [-0.4, -0.2) is 23.3 Å². The molecule has 0 spiro atoms. The predicted molar refractivity (Wildman–Crippen MR) is 53.2 cm³/mol. The Kier molecular flexibility index (Phi) is 3.58. The lowest BCUT2D eigenvalue weighted by atomic mass is 10.5. The van der Waals surface area contributed by atoms with Crippen molar-refractivity contribution >= 4 is 29.2 Å². The van der Waals surface area contributed by atoms with Crippen LogP contribution in [0, 0.1) is 0 Å². The van der Waals surface area contributed by atoms with Gasteiger partial charge in [-0.05, 0) is 6.26 Å². The Hall–Kier alpha value is -0.720. The van der Waals surface area contributed by atoms with E-state index < -0.39 is 0 Å². The molecule has 0 unspecified atom stereocenters. The zero-order chi connectivity index (χ0) is 9.84. The highest BCUT2D eigenvalue weighted by atomic mass is 35.5. The maximum atomic E-state index is 5.81. The molecule has 0 aromatic carbocycles. The van der Waals surface area contributed by atoms with Crippen LogP contribution < -0.4 is 16.0 Å². The van der Waals surface area contributed by atoms with Gasteiger partial charge in [-0.2, -0.15) is 4.98 Å². The van der Waals surface area contributed by atoms with Gasteiger partial charge < -0.3 is 10.2 Å². The van der Waals surface area contributed by atoms with Crippen LogP contribution in [-0.2, 0) is 0 Å². The molecule has 0 saturated carbocycles. The molecule has 1 rings (SSSR count). The molecular weight excluding hydrogens is 212 g/mol. The van der Waals surface area contributed by atoms with E-state index in [1.807, 2.05) is 6.26 Å². The van der Waals surface area contributed by atoms with Gasteiger partial charge in [-0.1, -0.05) is 23.4 Å². The fourth-order valence-electron chi connectivity index (χ4n) is 0.774. The van der Waals surface area contributed by atoms with Crippen LogP contribution in [0.4, 0.5) is 5.82 Å². The van der Waals surface area contributed by atoms with E-state index in [1.54, 1.807) is 0 Å². The molecule has 72 valence electrons. The smallest absolute Gasteiger partial charge is 0.200 e. The van der Waals surface area contributed by atoms with Crippen molar-refractivity contribution in [2.24, 2.45) is 5.84 Å². The molecule has 1 heterocycles. The summed E-state index contributed by atoms with van der Waals surface area (Å²) in [4.78, 5) is 8.02. The highest BCUT2D eigenvalue weighted by molar-refractivity contribution is 7.98. The highest BCUT2D eigenvalue weighted by Gasteiger charge is 2.11. The summed E-state index contributed by atoms with van der Waals surface area (Å²) in [7, 11) is 1.48. The average molecular weight is 221 g/mol. The van der Waals surface area contributed by atoms with Crippen molar-refractivity contribution < 1.29 is 4.74 Å². The molecule has 3 N–H and O–H groups in total. The van der Waals surface area contributed by atoms with E-state index in [-0.39, 0.29) is 5.15 Å². The van der Waals surface area contributed by atoms with Gasteiger partial charge in [0.2, 0.25) is 0 Å². The number of anilines is 1. The van der Waals surface area contributed by atoms with E-state index in [0.717, 1.165) is 0 Å². The number of halogens is 1. The third kappa shape index (κ3) is 2.15. The molecule has 7 heteroatoms. The Morgan fingerprint density at radius 2 is 2.23 bits per heavy atom. The minimum Gasteiger partial charge on any atom is -0.490 e. The standard InChI is InChI=1S/C6H9ClN4OS/c1-12-3-4(7)9-6(13-2)10-5(3)11-8/h8H2,1-2H3,(H,9,10,11). The van der Waals surface area contributed by atoms with Crippen LogP contribution in [0.25, 0.3) is 0 Å². The lowest BCUT2D eigenvalue weighted by Crippen LogP contribution is -2.11. The average Bonchev–Trinajstić information content (AvgIpc) is 2.16. The van der Waals surface area contributed by atoms with E-state index >= 15 is 0 Å². The number of nitrogens with zero attached hydrogens (tertiary/aromatic N) is 2. The van der Waals surface area contributed by atoms with Crippen LogP contribution in [0.3, 0.4) is 0 Å². The van der Waals surface area contributed by atoms with Crippen LogP contribution in [0.15, 0.2) is 5.16 Å². The molecule has 1 aromatic rings. The molecule has 0 saturated heterocycles. The van der Waals surface area contributed by atoms with Gasteiger partial charge in [0, 0.05) is 0 Å². The number of rotatable bonds is 3. The summed E-state index contributed by atoms with van der Waals surface area (Å²) >= 11 is 7.18. The summed E-state index contributed by atoms with van der Waals surface area (Å²) in [6.07, 6.45) is 1.85. The number of aromatic nitrogens is 2. The summed E-state index contributed by atoms with van der Waals surface area (Å²) < 4.78 is 4.96. The molecule has 5 nitrogen and oxygen atoms in total. The summed E-state index contributed by atoms with van der Waals surface area (Å²) in [5, 5.41) is 0.786. The van der Waals surface area contributed by atoms with Gasteiger partial charge in [0.25, 0.3) is 0 Å². The summed E-state index contributed by atoms with van der Waals surface area (Å²) in [6, 6.07) is 0. The van der Waals surface area contributed by atoms with Crippen molar-refractivity contribution in [2.75, 3.05) is 18.8 Å². The topological polar surface area (TPSA) is 73.1 Å². The van der Waals surface area contributed by atoms with Crippen molar-refractivity contribution in [3.8, 4) is 5.75 Å². The second-order valence-electron chi connectivity index (χ2n) is 2.03. The summed E-state index contributed by atoms with van der Waals surface area (Å²) in [5.41, 5.74) is 2.39. The highest BCUT2D eigenvalue weighted by Crippen LogP contribution is 2.30. The molecule has 0 amide bonds. The van der Waals surface area contributed by atoms with Crippen LogP contribution in [0.1, 0.15) is 0 Å². The minimum absolute atomic E-state index is 0.245. The lowest BCUT2D eigenvalue weighted by molar-refractivity contribution is 0.411. The molecule has 0 aliphatic carbocycles. The maximum Gasteiger partial charge on any atom is 0.200 e.